The summed E-state index contributed by atoms with van der Waals surface area (Å²) in [5, 5.41) is 0. The molecule has 4 rings (SSSR count). The van der Waals surface area contributed by atoms with Gasteiger partial charge in [-0.05, 0) is 44.2 Å². The van der Waals surface area contributed by atoms with Crippen LogP contribution in [0.15, 0.2) is 54.6 Å². The first-order valence-electron chi connectivity index (χ1n) is 9.88. The summed E-state index contributed by atoms with van der Waals surface area (Å²) >= 11 is 0. The number of unbranched alkanes of at least 4 members (excludes halogenated alkanes) is 1. The predicted octanol–water partition coefficient (Wildman–Crippen LogP) is 3.65. The van der Waals surface area contributed by atoms with E-state index in [-0.39, 0.29) is 0 Å². The van der Waals surface area contributed by atoms with Crippen molar-refractivity contribution < 1.29 is 4.74 Å². The molecule has 2 heterocycles. The highest BCUT2D eigenvalue weighted by atomic mass is 16.5. The van der Waals surface area contributed by atoms with E-state index >= 15 is 0 Å². The van der Waals surface area contributed by atoms with Crippen LogP contribution in [0.5, 0.6) is 5.75 Å². The van der Waals surface area contributed by atoms with Crippen LogP contribution in [0.2, 0.25) is 0 Å². The zero-order valence-electron chi connectivity index (χ0n) is 16.1. The number of hydrogen-bond acceptors (Lipinski definition) is 4. The summed E-state index contributed by atoms with van der Waals surface area (Å²) in [5.74, 6) is 2.07. The van der Waals surface area contributed by atoms with Gasteiger partial charge in [0.15, 0.2) is 0 Å². The first-order chi connectivity index (χ1) is 13.3. The molecular weight excluding hydrogens is 336 g/mol. The number of para-hydroxylation sites is 3. The van der Waals surface area contributed by atoms with Crippen LogP contribution < -0.4 is 9.64 Å². The van der Waals surface area contributed by atoms with E-state index in [1.807, 2.05) is 30.3 Å². The molecule has 27 heavy (non-hydrogen) atoms. The number of fused-ring (bicyclic) bond motifs is 1. The molecule has 1 aromatic heterocycles. The minimum Gasteiger partial charge on any atom is -0.494 e. The van der Waals surface area contributed by atoms with Crippen molar-refractivity contribution in [3.8, 4) is 5.75 Å². The maximum absolute atomic E-state index is 5.83. The lowest BCUT2D eigenvalue weighted by Gasteiger charge is -2.33. The number of nitrogens with zero attached hydrogens (tertiary/aromatic N) is 4. The average Bonchev–Trinajstić information content (AvgIpc) is 3.08. The van der Waals surface area contributed by atoms with Crippen molar-refractivity contribution in [2.45, 2.75) is 19.4 Å². The van der Waals surface area contributed by atoms with Crippen molar-refractivity contribution in [1.82, 2.24) is 14.5 Å². The molecule has 0 aliphatic carbocycles. The van der Waals surface area contributed by atoms with Crippen molar-refractivity contribution in [3.63, 3.8) is 0 Å². The Morgan fingerprint density at radius 1 is 0.889 bits per heavy atom. The number of anilines is 1. The number of hydrogen-bond donors (Lipinski definition) is 0. The fourth-order valence-corrected chi connectivity index (χ4v) is 3.61. The summed E-state index contributed by atoms with van der Waals surface area (Å²) < 4.78 is 8.22. The van der Waals surface area contributed by atoms with Gasteiger partial charge in [0.1, 0.15) is 5.75 Å². The van der Waals surface area contributed by atoms with E-state index in [4.69, 9.17) is 9.72 Å². The number of rotatable bonds is 7. The third-order valence-electron chi connectivity index (χ3n) is 5.21. The van der Waals surface area contributed by atoms with Gasteiger partial charge in [0.05, 0.1) is 17.6 Å². The van der Waals surface area contributed by atoms with Crippen molar-refractivity contribution >= 4 is 17.0 Å². The average molecular weight is 364 g/mol. The number of ether oxygens (including phenoxy) is 1. The lowest BCUT2D eigenvalue weighted by molar-refractivity contribution is 0.301. The molecule has 1 aliphatic rings. The summed E-state index contributed by atoms with van der Waals surface area (Å²) in [6.45, 7) is 5.98. The van der Waals surface area contributed by atoms with Gasteiger partial charge < -0.3 is 19.1 Å². The second-order valence-electron chi connectivity index (χ2n) is 7.21. The third kappa shape index (κ3) is 4.25. The van der Waals surface area contributed by atoms with Gasteiger partial charge in [0.2, 0.25) is 5.95 Å². The highest BCUT2D eigenvalue weighted by Crippen LogP contribution is 2.24. The minimum atomic E-state index is 0.750. The van der Waals surface area contributed by atoms with Crippen molar-refractivity contribution in [1.29, 1.82) is 0 Å². The third-order valence-corrected chi connectivity index (χ3v) is 5.21. The zero-order valence-corrected chi connectivity index (χ0v) is 16.1. The van der Waals surface area contributed by atoms with E-state index in [1.165, 1.54) is 5.52 Å². The van der Waals surface area contributed by atoms with Crippen LogP contribution in [0, 0.1) is 0 Å². The first-order valence-corrected chi connectivity index (χ1v) is 9.88. The zero-order chi connectivity index (χ0) is 18.5. The molecule has 3 aromatic rings. The Hall–Kier alpha value is -2.53. The predicted molar refractivity (Wildman–Crippen MR) is 111 cm³/mol. The second kappa shape index (κ2) is 8.44. The molecule has 0 unspecified atom stereocenters. The van der Waals surface area contributed by atoms with Gasteiger partial charge in [-0.1, -0.05) is 30.3 Å². The molecule has 1 fully saturated rings. The van der Waals surface area contributed by atoms with E-state index in [2.05, 4.69) is 45.7 Å². The van der Waals surface area contributed by atoms with E-state index < -0.39 is 0 Å². The Bertz CT molecular complexity index is 853. The van der Waals surface area contributed by atoms with Crippen LogP contribution in [0.3, 0.4) is 0 Å². The normalized spacial score (nSPS) is 15.4. The van der Waals surface area contributed by atoms with Gasteiger partial charge in [0.25, 0.3) is 0 Å². The van der Waals surface area contributed by atoms with E-state index in [0.717, 1.165) is 69.4 Å². The lowest BCUT2D eigenvalue weighted by Crippen LogP contribution is -2.45. The van der Waals surface area contributed by atoms with Gasteiger partial charge in [-0.25, -0.2) is 4.98 Å². The molecule has 142 valence electrons. The van der Waals surface area contributed by atoms with Crippen LogP contribution >= 0.6 is 0 Å². The summed E-state index contributed by atoms with van der Waals surface area (Å²) in [6.07, 6.45) is 2.11. The number of aromatic nitrogens is 2. The van der Waals surface area contributed by atoms with E-state index in [9.17, 15) is 0 Å². The first kappa shape index (κ1) is 17.9. The largest absolute Gasteiger partial charge is 0.494 e. The molecule has 0 bridgehead atoms. The smallest absolute Gasteiger partial charge is 0.206 e. The Labute approximate surface area is 161 Å². The molecule has 0 amide bonds. The molecule has 0 atom stereocenters. The van der Waals surface area contributed by atoms with Crippen LogP contribution in [-0.4, -0.2) is 54.3 Å². The lowest BCUT2D eigenvalue weighted by atomic mass is 10.3. The molecule has 0 radical (unpaired) electrons. The SMILES string of the molecule is CN1CCN(c2nc3ccccc3n2CCCCOc2ccccc2)CC1. The van der Waals surface area contributed by atoms with Crippen molar-refractivity contribution in [3.05, 3.63) is 54.6 Å². The number of imidazole rings is 1. The standard InChI is InChI=1S/C22H28N4O/c1-24-14-16-25(17-15-24)22-23-20-11-5-6-12-21(20)26(22)13-7-8-18-27-19-9-3-2-4-10-19/h2-6,9-12H,7-8,13-18H2,1H3. The van der Waals surface area contributed by atoms with Gasteiger partial charge in [-0.3, -0.25) is 0 Å². The van der Waals surface area contributed by atoms with Crippen LogP contribution in [-0.2, 0) is 6.54 Å². The van der Waals surface area contributed by atoms with Gasteiger partial charge in [0, 0.05) is 32.7 Å². The Kier molecular flexibility index (Phi) is 5.58. The fourth-order valence-electron chi connectivity index (χ4n) is 3.61. The molecular formula is C22H28N4O. The molecule has 1 saturated heterocycles. The van der Waals surface area contributed by atoms with E-state index in [0.29, 0.717) is 0 Å². The maximum Gasteiger partial charge on any atom is 0.206 e. The summed E-state index contributed by atoms with van der Waals surface area (Å²) in [6, 6.07) is 18.5. The van der Waals surface area contributed by atoms with Crippen molar-refractivity contribution in [2.24, 2.45) is 0 Å². The van der Waals surface area contributed by atoms with Crippen LogP contribution in [0.4, 0.5) is 5.95 Å². The summed E-state index contributed by atoms with van der Waals surface area (Å²) in [4.78, 5) is 9.76. The monoisotopic (exact) mass is 364 g/mol. The molecule has 0 spiro atoms. The Morgan fingerprint density at radius 2 is 1.63 bits per heavy atom. The van der Waals surface area contributed by atoms with E-state index in [1.54, 1.807) is 0 Å². The molecule has 5 heteroatoms. The van der Waals surface area contributed by atoms with Crippen molar-refractivity contribution in [2.75, 3.05) is 44.7 Å². The highest BCUT2D eigenvalue weighted by Gasteiger charge is 2.20. The highest BCUT2D eigenvalue weighted by molar-refractivity contribution is 5.78. The summed E-state index contributed by atoms with van der Waals surface area (Å²) in [5.41, 5.74) is 2.32. The topological polar surface area (TPSA) is 33.5 Å². The second-order valence-corrected chi connectivity index (χ2v) is 7.21. The molecule has 1 aliphatic heterocycles. The molecule has 0 N–H and O–H groups in total. The minimum absolute atomic E-state index is 0.750. The van der Waals surface area contributed by atoms with Gasteiger partial charge in [-0.2, -0.15) is 0 Å². The Balaban J connectivity index is 1.41. The molecule has 5 nitrogen and oxygen atoms in total. The number of aryl methyl sites for hydroxylation is 1. The quantitative estimate of drug-likeness (QED) is 0.599. The van der Waals surface area contributed by atoms with Crippen LogP contribution in [0.25, 0.3) is 11.0 Å². The maximum atomic E-state index is 5.83. The van der Waals surface area contributed by atoms with Gasteiger partial charge >= 0.3 is 0 Å². The molecule has 0 saturated carbocycles. The summed E-state index contributed by atoms with van der Waals surface area (Å²) in [7, 11) is 2.19. The number of likely N-dealkylation sites (N-methyl/N-ethyl adjacent to an activating group) is 1. The number of piperazine rings is 1. The molecule has 2 aromatic carbocycles. The number of benzene rings is 2. The van der Waals surface area contributed by atoms with Gasteiger partial charge in [-0.15, -0.1) is 0 Å². The Morgan fingerprint density at radius 3 is 2.44 bits per heavy atom. The fraction of sp³-hybridized carbons (Fsp3) is 0.409. The van der Waals surface area contributed by atoms with Crippen LogP contribution in [0.1, 0.15) is 12.8 Å².